The number of aliphatic hydroxyl groups excluding tert-OH is 3. The molecule has 1 aliphatic rings. The minimum atomic E-state index is -0.465. The van der Waals surface area contributed by atoms with Crippen LogP contribution in [0.2, 0.25) is 4.34 Å². The van der Waals surface area contributed by atoms with Crippen LogP contribution in [-0.2, 0) is 11.2 Å². The molecule has 3 rings (SSSR count). The summed E-state index contributed by atoms with van der Waals surface area (Å²) in [6.45, 7) is -0.0902. The van der Waals surface area contributed by atoms with Crippen molar-refractivity contribution in [3.05, 3.63) is 50.7 Å². The molecule has 0 spiro atoms. The van der Waals surface area contributed by atoms with E-state index in [1.54, 1.807) is 12.1 Å². The lowest BCUT2D eigenvalue weighted by Crippen LogP contribution is -2.33. The van der Waals surface area contributed by atoms with Gasteiger partial charge in [0.2, 0.25) is 0 Å². The fraction of sp³-hybridized carbons (Fsp3) is 0.444. The highest BCUT2D eigenvalue weighted by Crippen LogP contribution is 2.39. The van der Waals surface area contributed by atoms with Crippen molar-refractivity contribution < 1.29 is 25.2 Å². The zero-order chi connectivity index (χ0) is 18.4. The number of ether oxygens (including phenoxy) is 1. The highest BCUT2D eigenvalue weighted by molar-refractivity contribution is 7.16. The van der Waals surface area contributed by atoms with Crippen molar-refractivity contribution in [2.75, 3.05) is 13.7 Å². The normalized spacial score (nSPS) is 23.0. The third-order valence-electron chi connectivity index (χ3n) is 4.01. The highest BCUT2D eigenvalue weighted by atomic mass is 35.5. The van der Waals surface area contributed by atoms with Gasteiger partial charge in [-0.05, 0) is 35.7 Å². The van der Waals surface area contributed by atoms with Gasteiger partial charge in [0, 0.05) is 24.8 Å². The minimum Gasteiger partial charge on any atom is -0.508 e. The summed E-state index contributed by atoms with van der Waals surface area (Å²) < 4.78 is 6.54. The van der Waals surface area contributed by atoms with Gasteiger partial charge in [-0.25, -0.2) is 0 Å². The second-order valence-corrected chi connectivity index (χ2v) is 7.53. The molecule has 0 bridgehead atoms. The molecule has 5 nitrogen and oxygen atoms in total. The van der Waals surface area contributed by atoms with Crippen LogP contribution in [0.5, 0.6) is 5.75 Å². The maximum Gasteiger partial charge on any atom is 0.115 e. The number of thiophene rings is 1. The Hall–Kier alpha value is -1.15. The Bertz CT molecular complexity index is 658. The number of benzene rings is 1. The molecule has 1 fully saturated rings. The van der Waals surface area contributed by atoms with Crippen LogP contribution < -0.4 is 0 Å². The number of aliphatic hydroxyl groups is 3. The van der Waals surface area contributed by atoms with E-state index in [-0.39, 0.29) is 24.6 Å². The number of halogens is 1. The maximum atomic E-state index is 9.94. The molecule has 1 aromatic carbocycles. The van der Waals surface area contributed by atoms with E-state index in [1.165, 1.54) is 11.3 Å². The fourth-order valence-electron chi connectivity index (χ4n) is 2.83. The smallest absolute Gasteiger partial charge is 0.115 e. The number of phenols is 1. The third-order valence-corrected chi connectivity index (χ3v) is 5.54. The Morgan fingerprint density at radius 3 is 2.52 bits per heavy atom. The van der Waals surface area contributed by atoms with Crippen LogP contribution in [-0.4, -0.2) is 46.4 Å². The van der Waals surface area contributed by atoms with Crippen LogP contribution >= 0.6 is 22.9 Å². The van der Waals surface area contributed by atoms with Gasteiger partial charge >= 0.3 is 0 Å². The number of rotatable bonds is 4. The van der Waals surface area contributed by atoms with Gasteiger partial charge in [0.15, 0.2) is 0 Å². The summed E-state index contributed by atoms with van der Waals surface area (Å²) in [5.74, 6) is 0.241. The molecule has 25 heavy (non-hydrogen) atoms. The number of aromatic hydroxyl groups is 1. The third kappa shape index (κ3) is 5.41. The lowest BCUT2D eigenvalue weighted by molar-refractivity contribution is -0.112. The SMILES string of the molecule is CO.OCC1CC(O)CC(c2cc(Cc3ccc(O)cc3)c(Cl)s2)O1. The van der Waals surface area contributed by atoms with Gasteiger partial charge in [-0.15, -0.1) is 11.3 Å². The minimum absolute atomic E-state index is 0.0902. The summed E-state index contributed by atoms with van der Waals surface area (Å²) in [5.41, 5.74) is 2.06. The van der Waals surface area contributed by atoms with Crippen molar-refractivity contribution in [1.29, 1.82) is 0 Å². The molecule has 1 aliphatic heterocycles. The molecule has 0 saturated carbocycles. The Labute approximate surface area is 156 Å². The summed E-state index contributed by atoms with van der Waals surface area (Å²) >= 11 is 7.81. The molecule has 0 amide bonds. The number of hydrogen-bond acceptors (Lipinski definition) is 6. The molecule has 3 atom stereocenters. The standard InChI is InChI=1S/C17H19ClO4S.CH4O/c18-17-11(5-10-1-3-12(20)4-2-10)6-16(23-17)15-8-13(21)7-14(9-19)22-15;1-2/h1-4,6,13-15,19-21H,5,7-9H2;2H,1H3. The molecule has 4 N–H and O–H groups in total. The average Bonchev–Trinajstić information content (AvgIpc) is 2.99. The van der Waals surface area contributed by atoms with E-state index in [2.05, 4.69) is 0 Å². The van der Waals surface area contributed by atoms with Crippen LogP contribution in [0.3, 0.4) is 0 Å². The Morgan fingerprint density at radius 2 is 1.88 bits per heavy atom. The Kier molecular flexibility index (Phi) is 7.68. The van der Waals surface area contributed by atoms with E-state index >= 15 is 0 Å². The van der Waals surface area contributed by atoms with Gasteiger partial charge in [-0.2, -0.15) is 0 Å². The van der Waals surface area contributed by atoms with Gasteiger partial charge < -0.3 is 25.2 Å². The van der Waals surface area contributed by atoms with E-state index in [0.717, 1.165) is 23.1 Å². The first-order valence-electron chi connectivity index (χ1n) is 8.00. The molecule has 3 unspecified atom stereocenters. The van der Waals surface area contributed by atoms with Crippen LogP contribution in [0, 0.1) is 0 Å². The summed E-state index contributed by atoms with van der Waals surface area (Å²) in [6.07, 6.45) is 0.636. The van der Waals surface area contributed by atoms with Crippen molar-refractivity contribution in [2.45, 2.75) is 37.6 Å². The molecule has 138 valence electrons. The highest BCUT2D eigenvalue weighted by Gasteiger charge is 2.30. The van der Waals surface area contributed by atoms with E-state index < -0.39 is 6.10 Å². The van der Waals surface area contributed by atoms with E-state index in [0.29, 0.717) is 23.6 Å². The van der Waals surface area contributed by atoms with Crippen molar-refractivity contribution in [3.63, 3.8) is 0 Å². The number of phenolic OH excluding ortho intramolecular Hbond substituents is 1. The van der Waals surface area contributed by atoms with E-state index in [1.807, 2.05) is 18.2 Å². The van der Waals surface area contributed by atoms with Crippen molar-refractivity contribution in [1.82, 2.24) is 0 Å². The molecular formula is C18H23ClO5S. The first-order chi connectivity index (χ1) is 12.0. The van der Waals surface area contributed by atoms with Crippen LogP contribution in [0.25, 0.3) is 0 Å². The molecule has 0 radical (unpaired) electrons. The zero-order valence-electron chi connectivity index (χ0n) is 13.9. The average molecular weight is 387 g/mol. The quantitative estimate of drug-likeness (QED) is 0.648. The predicted octanol–water partition coefficient (Wildman–Crippen LogP) is 2.88. The van der Waals surface area contributed by atoms with Crippen molar-refractivity contribution in [3.8, 4) is 5.75 Å². The molecule has 2 heterocycles. The van der Waals surface area contributed by atoms with Gasteiger partial charge in [0.05, 0.1) is 29.3 Å². The van der Waals surface area contributed by atoms with Crippen molar-refractivity contribution in [2.24, 2.45) is 0 Å². The van der Waals surface area contributed by atoms with Gasteiger partial charge in [-0.3, -0.25) is 0 Å². The second kappa shape index (κ2) is 9.52. The van der Waals surface area contributed by atoms with Gasteiger partial charge in [0.1, 0.15) is 5.75 Å². The molecule has 7 heteroatoms. The summed E-state index contributed by atoms with van der Waals surface area (Å²) in [4.78, 5) is 0.973. The summed E-state index contributed by atoms with van der Waals surface area (Å²) in [5, 5.41) is 35.5. The first kappa shape index (κ1) is 20.2. The largest absolute Gasteiger partial charge is 0.508 e. The summed E-state index contributed by atoms with van der Waals surface area (Å²) in [6, 6.07) is 9.06. The molecule has 0 aliphatic carbocycles. The lowest BCUT2D eigenvalue weighted by Gasteiger charge is -2.31. The van der Waals surface area contributed by atoms with E-state index in [9.17, 15) is 15.3 Å². The van der Waals surface area contributed by atoms with E-state index in [4.69, 9.17) is 21.4 Å². The van der Waals surface area contributed by atoms with Crippen LogP contribution in [0.4, 0.5) is 0 Å². The second-order valence-electron chi connectivity index (χ2n) is 5.85. The Balaban J connectivity index is 0.00000109. The Morgan fingerprint density at radius 1 is 1.20 bits per heavy atom. The first-order valence-corrected chi connectivity index (χ1v) is 9.19. The van der Waals surface area contributed by atoms with Crippen LogP contribution in [0.1, 0.15) is 34.9 Å². The molecule has 1 saturated heterocycles. The molecular weight excluding hydrogens is 364 g/mol. The van der Waals surface area contributed by atoms with Crippen LogP contribution in [0.15, 0.2) is 30.3 Å². The van der Waals surface area contributed by atoms with Gasteiger partial charge in [-0.1, -0.05) is 23.7 Å². The lowest BCUT2D eigenvalue weighted by atomic mass is 9.99. The number of hydrogen-bond donors (Lipinski definition) is 4. The van der Waals surface area contributed by atoms with Gasteiger partial charge in [0.25, 0.3) is 0 Å². The maximum absolute atomic E-state index is 9.94. The monoisotopic (exact) mass is 386 g/mol. The fourth-order valence-corrected chi connectivity index (χ4v) is 4.17. The topological polar surface area (TPSA) is 90.2 Å². The molecule has 2 aromatic rings. The van der Waals surface area contributed by atoms with Crippen molar-refractivity contribution >= 4 is 22.9 Å². The summed E-state index contributed by atoms with van der Waals surface area (Å²) in [7, 11) is 1.00. The predicted molar refractivity (Wildman–Crippen MR) is 98.3 cm³/mol. The zero-order valence-corrected chi connectivity index (χ0v) is 15.5. The molecule has 1 aromatic heterocycles.